The van der Waals surface area contributed by atoms with E-state index in [1.165, 1.54) is 0 Å². The van der Waals surface area contributed by atoms with Gasteiger partial charge in [0.1, 0.15) is 5.75 Å². The molecule has 28 heavy (non-hydrogen) atoms. The van der Waals surface area contributed by atoms with E-state index >= 15 is 0 Å². The molecule has 2 rings (SSSR count). The lowest BCUT2D eigenvalue weighted by Gasteiger charge is -2.12. The zero-order valence-corrected chi connectivity index (χ0v) is 16.1. The Bertz CT molecular complexity index is 826. The molecule has 0 fully saturated rings. The van der Waals surface area contributed by atoms with Gasteiger partial charge in [-0.1, -0.05) is 26.0 Å². The molecule has 0 aliphatic carbocycles. The third kappa shape index (κ3) is 6.42. The molecule has 0 aliphatic rings. The van der Waals surface area contributed by atoms with Crippen LogP contribution >= 0.6 is 0 Å². The molecule has 0 heterocycles. The van der Waals surface area contributed by atoms with Gasteiger partial charge >= 0.3 is 5.97 Å². The van der Waals surface area contributed by atoms with Crippen LogP contribution in [0.1, 0.15) is 48.5 Å². The Morgan fingerprint density at radius 3 is 2.29 bits per heavy atom. The van der Waals surface area contributed by atoms with Gasteiger partial charge in [-0.3, -0.25) is 4.79 Å². The maximum absolute atomic E-state index is 12.3. The standard InChI is InChI=1S/C21H26N4O3/c1-3-12-24-19(26)13-14(2)15-6-10-18(11-7-15)28-20(27)16-4-8-17(9-5-16)25-21(22)23/h4-11,14H,3,12-13H2,1-2H3,(H,24,26)(H4,22,23,25). The zero-order valence-electron chi connectivity index (χ0n) is 16.1. The number of hydrogen-bond acceptors (Lipinski definition) is 4. The first-order valence-corrected chi connectivity index (χ1v) is 9.17. The van der Waals surface area contributed by atoms with Crippen LogP contribution in [0.5, 0.6) is 5.75 Å². The van der Waals surface area contributed by atoms with Crippen molar-refractivity contribution in [2.45, 2.75) is 32.6 Å². The number of rotatable bonds is 8. The van der Waals surface area contributed by atoms with Crippen molar-refractivity contribution in [2.75, 3.05) is 6.54 Å². The van der Waals surface area contributed by atoms with E-state index in [4.69, 9.17) is 16.2 Å². The lowest BCUT2D eigenvalue weighted by atomic mass is 9.97. The minimum atomic E-state index is -0.476. The number of amides is 1. The van der Waals surface area contributed by atoms with Crippen molar-refractivity contribution >= 4 is 23.5 Å². The van der Waals surface area contributed by atoms with Crippen molar-refractivity contribution < 1.29 is 14.3 Å². The van der Waals surface area contributed by atoms with E-state index in [2.05, 4.69) is 10.3 Å². The van der Waals surface area contributed by atoms with Crippen molar-refractivity contribution in [1.29, 1.82) is 0 Å². The fraction of sp³-hybridized carbons (Fsp3) is 0.286. The van der Waals surface area contributed by atoms with E-state index < -0.39 is 5.97 Å². The first-order valence-electron chi connectivity index (χ1n) is 9.17. The molecule has 0 saturated carbocycles. The van der Waals surface area contributed by atoms with Crippen molar-refractivity contribution in [3.05, 3.63) is 59.7 Å². The summed E-state index contributed by atoms with van der Waals surface area (Å²) in [5, 5.41) is 2.87. The van der Waals surface area contributed by atoms with Gasteiger partial charge in [0.25, 0.3) is 0 Å². The average molecular weight is 382 g/mol. The summed E-state index contributed by atoms with van der Waals surface area (Å²) in [6, 6.07) is 13.6. The Kier molecular flexibility index (Phi) is 7.56. The van der Waals surface area contributed by atoms with Crippen LogP contribution in [0.3, 0.4) is 0 Å². The molecule has 7 heteroatoms. The second-order valence-electron chi connectivity index (χ2n) is 6.50. The minimum Gasteiger partial charge on any atom is -0.423 e. The number of ether oxygens (including phenoxy) is 1. The summed E-state index contributed by atoms with van der Waals surface area (Å²) in [5.41, 5.74) is 12.6. The smallest absolute Gasteiger partial charge is 0.343 e. The Hall–Kier alpha value is -3.35. The maximum Gasteiger partial charge on any atom is 0.343 e. The topological polar surface area (TPSA) is 120 Å². The normalized spacial score (nSPS) is 11.4. The van der Waals surface area contributed by atoms with Gasteiger partial charge in [-0.05, 0) is 54.3 Å². The lowest BCUT2D eigenvalue weighted by molar-refractivity contribution is -0.121. The molecule has 0 aliphatic heterocycles. The zero-order chi connectivity index (χ0) is 20.5. The number of carbonyl (C=O) groups is 2. The van der Waals surface area contributed by atoms with Gasteiger partial charge in [-0.15, -0.1) is 0 Å². The van der Waals surface area contributed by atoms with E-state index in [0.717, 1.165) is 12.0 Å². The Balaban J connectivity index is 1.95. The minimum absolute atomic E-state index is 0.0361. The molecule has 148 valence electrons. The molecule has 0 aromatic heterocycles. The molecule has 2 aromatic rings. The number of benzene rings is 2. The number of esters is 1. The van der Waals surface area contributed by atoms with E-state index in [-0.39, 0.29) is 17.8 Å². The van der Waals surface area contributed by atoms with Gasteiger partial charge in [-0.25, -0.2) is 9.79 Å². The molecule has 0 spiro atoms. The first kappa shape index (κ1) is 21.0. The average Bonchev–Trinajstić information content (AvgIpc) is 2.67. The Morgan fingerprint density at radius 2 is 1.71 bits per heavy atom. The van der Waals surface area contributed by atoms with Crippen LogP contribution in [0.4, 0.5) is 5.69 Å². The van der Waals surface area contributed by atoms with Gasteiger partial charge in [-0.2, -0.15) is 0 Å². The van der Waals surface area contributed by atoms with E-state index in [1.807, 2.05) is 26.0 Å². The van der Waals surface area contributed by atoms with Crippen molar-refractivity contribution in [1.82, 2.24) is 5.32 Å². The number of nitrogens with two attached hydrogens (primary N) is 2. The predicted molar refractivity (Wildman–Crippen MR) is 110 cm³/mol. The van der Waals surface area contributed by atoms with Crippen LogP contribution < -0.4 is 21.5 Å². The second-order valence-corrected chi connectivity index (χ2v) is 6.50. The summed E-state index contributed by atoms with van der Waals surface area (Å²) in [7, 11) is 0. The summed E-state index contributed by atoms with van der Waals surface area (Å²) in [5.74, 6) is 0.0203. The summed E-state index contributed by atoms with van der Waals surface area (Å²) < 4.78 is 5.39. The maximum atomic E-state index is 12.3. The van der Waals surface area contributed by atoms with Crippen molar-refractivity contribution in [3.8, 4) is 5.75 Å². The van der Waals surface area contributed by atoms with E-state index in [1.54, 1.807) is 36.4 Å². The Morgan fingerprint density at radius 1 is 1.07 bits per heavy atom. The number of hydrogen-bond donors (Lipinski definition) is 3. The largest absolute Gasteiger partial charge is 0.423 e. The highest BCUT2D eigenvalue weighted by atomic mass is 16.5. The number of guanidine groups is 1. The highest BCUT2D eigenvalue weighted by Crippen LogP contribution is 2.23. The van der Waals surface area contributed by atoms with Crippen LogP contribution in [0.25, 0.3) is 0 Å². The lowest BCUT2D eigenvalue weighted by Crippen LogP contribution is -2.25. The predicted octanol–water partition coefficient (Wildman–Crippen LogP) is 2.83. The van der Waals surface area contributed by atoms with Crippen LogP contribution in [-0.4, -0.2) is 24.4 Å². The summed E-state index contributed by atoms with van der Waals surface area (Å²) in [6.45, 7) is 4.69. The third-order valence-corrected chi connectivity index (χ3v) is 4.08. The molecule has 1 unspecified atom stereocenters. The number of nitrogens with zero attached hydrogens (tertiary/aromatic N) is 1. The van der Waals surface area contributed by atoms with Crippen LogP contribution in [0.2, 0.25) is 0 Å². The van der Waals surface area contributed by atoms with Gasteiger partial charge in [0.05, 0.1) is 11.3 Å². The molecule has 2 aromatic carbocycles. The summed E-state index contributed by atoms with van der Waals surface area (Å²) in [6.07, 6.45) is 1.33. The van der Waals surface area contributed by atoms with E-state index in [0.29, 0.717) is 30.0 Å². The number of carbonyl (C=O) groups excluding carboxylic acids is 2. The quantitative estimate of drug-likeness (QED) is 0.281. The van der Waals surface area contributed by atoms with E-state index in [9.17, 15) is 9.59 Å². The molecule has 0 bridgehead atoms. The highest BCUT2D eigenvalue weighted by molar-refractivity contribution is 5.91. The summed E-state index contributed by atoms with van der Waals surface area (Å²) in [4.78, 5) is 28.0. The van der Waals surface area contributed by atoms with Crippen LogP contribution in [-0.2, 0) is 4.79 Å². The molecule has 1 atom stereocenters. The number of aliphatic imine (C=N–C) groups is 1. The molecule has 0 saturated heterocycles. The van der Waals surface area contributed by atoms with Gasteiger partial charge in [0.15, 0.2) is 5.96 Å². The van der Waals surface area contributed by atoms with Crippen LogP contribution in [0, 0.1) is 0 Å². The first-order chi connectivity index (χ1) is 13.4. The molecule has 5 N–H and O–H groups in total. The SMILES string of the molecule is CCCNC(=O)CC(C)c1ccc(OC(=O)c2ccc(N=C(N)N)cc2)cc1. The van der Waals surface area contributed by atoms with Crippen molar-refractivity contribution in [3.63, 3.8) is 0 Å². The summed E-state index contributed by atoms with van der Waals surface area (Å²) >= 11 is 0. The van der Waals surface area contributed by atoms with Crippen molar-refractivity contribution in [2.24, 2.45) is 16.5 Å². The molecule has 7 nitrogen and oxygen atoms in total. The third-order valence-electron chi connectivity index (χ3n) is 4.08. The van der Waals surface area contributed by atoms with Gasteiger partial charge in [0.2, 0.25) is 5.91 Å². The molecule has 1 amide bonds. The molecular weight excluding hydrogens is 356 g/mol. The number of nitrogens with one attached hydrogen (secondary N) is 1. The monoisotopic (exact) mass is 382 g/mol. The highest BCUT2D eigenvalue weighted by Gasteiger charge is 2.12. The fourth-order valence-corrected chi connectivity index (χ4v) is 2.58. The van der Waals surface area contributed by atoms with Gasteiger partial charge in [0, 0.05) is 13.0 Å². The van der Waals surface area contributed by atoms with Crippen LogP contribution in [0.15, 0.2) is 53.5 Å². The second kappa shape index (κ2) is 10.1. The Labute approximate surface area is 164 Å². The fourth-order valence-electron chi connectivity index (χ4n) is 2.58. The van der Waals surface area contributed by atoms with Gasteiger partial charge < -0.3 is 21.5 Å². The molecular formula is C21H26N4O3. The molecule has 0 radical (unpaired) electrons.